The average Bonchev–Trinajstić information content (AvgIpc) is 2.41. The van der Waals surface area contributed by atoms with E-state index < -0.39 is 5.97 Å². The Morgan fingerprint density at radius 3 is 2.32 bits per heavy atom. The quantitative estimate of drug-likeness (QED) is 0.884. The molecule has 0 aliphatic heterocycles. The van der Waals surface area contributed by atoms with Gasteiger partial charge in [-0.05, 0) is 34.7 Å². The topological polar surface area (TPSA) is 57.5 Å². The summed E-state index contributed by atoms with van der Waals surface area (Å²) < 4.78 is 0. The lowest BCUT2D eigenvalue weighted by Gasteiger charge is -2.13. The monoisotopic (exact) mass is 256 g/mol. The minimum Gasteiger partial charge on any atom is -0.481 e. The fourth-order valence-corrected chi connectivity index (χ4v) is 2.25. The highest BCUT2D eigenvalue weighted by molar-refractivity contribution is 5.75. The summed E-state index contributed by atoms with van der Waals surface area (Å²) in [6, 6.07) is 13.2. The standard InChI is InChI=1S/C16H16O3/c1-11-12(9-16(18)19)6-4-8-14(11)15-7-3-2-5-13(15)10-17/h2-8,17H,9-10H2,1H3,(H,18,19). The van der Waals surface area contributed by atoms with E-state index >= 15 is 0 Å². The summed E-state index contributed by atoms with van der Waals surface area (Å²) in [5.41, 5.74) is 4.53. The Balaban J connectivity index is 2.53. The summed E-state index contributed by atoms with van der Waals surface area (Å²) in [5.74, 6) is -0.837. The van der Waals surface area contributed by atoms with Gasteiger partial charge >= 0.3 is 5.97 Å². The Labute approximate surface area is 112 Å². The minimum absolute atomic E-state index is 0.0148. The summed E-state index contributed by atoms with van der Waals surface area (Å²) in [6.45, 7) is 1.89. The van der Waals surface area contributed by atoms with Crippen LogP contribution in [0.3, 0.4) is 0 Å². The molecular weight excluding hydrogens is 240 g/mol. The molecule has 0 aliphatic rings. The zero-order valence-electron chi connectivity index (χ0n) is 10.8. The lowest BCUT2D eigenvalue weighted by atomic mass is 9.92. The molecule has 0 heterocycles. The van der Waals surface area contributed by atoms with Crippen LogP contribution in [0.2, 0.25) is 0 Å². The van der Waals surface area contributed by atoms with E-state index in [1.165, 1.54) is 0 Å². The predicted octanol–water partition coefficient (Wildman–Crippen LogP) is 2.78. The Morgan fingerprint density at radius 2 is 1.63 bits per heavy atom. The molecule has 0 saturated carbocycles. The molecule has 0 aliphatic carbocycles. The Morgan fingerprint density at radius 1 is 1.00 bits per heavy atom. The van der Waals surface area contributed by atoms with E-state index in [-0.39, 0.29) is 13.0 Å². The molecule has 0 unspecified atom stereocenters. The van der Waals surface area contributed by atoms with E-state index in [2.05, 4.69) is 0 Å². The van der Waals surface area contributed by atoms with Crippen LogP contribution in [0.4, 0.5) is 0 Å². The second-order valence-electron chi connectivity index (χ2n) is 4.48. The van der Waals surface area contributed by atoms with Crippen LogP contribution in [0, 0.1) is 6.92 Å². The smallest absolute Gasteiger partial charge is 0.307 e. The van der Waals surface area contributed by atoms with Gasteiger partial charge in [-0.3, -0.25) is 4.79 Å². The molecular formula is C16H16O3. The number of benzene rings is 2. The fraction of sp³-hybridized carbons (Fsp3) is 0.188. The summed E-state index contributed by atoms with van der Waals surface area (Å²) in [4.78, 5) is 10.9. The van der Waals surface area contributed by atoms with Crippen LogP contribution in [0.15, 0.2) is 42.5 Å². The van der Waals surface area contributed by atoms with E-state index in [1.807, 2.05) is 49.4 Å². The van der Waals surface area contributed by atoms with Crippen molar-refractivity contribution in [1.29, 1.82) is 0 Å². The van der Waals surface area contributed by atoms with Crippen LogP contribution in [0.1, 0.15) is 16.7 Å². The van der Waals surface area contributed by atoms with Gasteiger partial charge in [-0.15, -0.1) is 0 Å². The van der Waals surface area contributed by atoms with E-state index in [0.717, 1.165) is 27.8 Å². The molecule has 2 aromatic rings. The number of hydrogen-bond acceptors (Lipinski definition) is 2. The van der Waals surface area contributed by atoms with Crippen molar-refractivity contribution in [2.24, 2.45) is 0 Å². The van der Waals surface area contributed by atoms with Crippen LogP contribution >= 0.6 is 0 Å². The molecule has 0 spiro atoms. The zero-order valence-corrected chi connectivity index (χ0v) is 10.8. The third-order valence-corrected chi connectivity index (χ3v) is 3.27. The first-order chi connectivity index (χ1) is 9.13. The molecule has 0 radical (unpaired) electrons. The predicted molar refractivity (Wildman–Crippen MR) is 73.9 cm³/mol. The molecule has 0 saturated heterocycles. The maximum absolute atomic E-state index is 10.9. The van der Waals surface area contributed by atoms with Crippen molar-refractivity contribution in [3.63, 3.8) is 0 Å². The number of aliphatic hydroxyl groups excluding tert-OH is 1. The van der Waals surface area contributed by atoms with Crippen LogP contribution in [0.5, 0.6) is 0 Å². The van der Waals surface area contributed by atoms with Crippen molar-refractivity contribution >= 4 is 5.97 Å². The van der Waals surface area contributed by atoms with E-state index in [4.69, 9.17) is 5.11 Å². The van der Waals surface area contributed by atoms with Gasteiger partial charge in [-0.25, -0.2) is 0 Å². The Bertz CT molecular complexity index is 603. The second kappa shape index (κ2) is 5.67. The summed E-state index contributed by atoms with van der Waals surface area (Å²) in [5, 5.41) is 18.3. The van der Waals surface area contributed by atoms with Crippen LogP contribution < -0.4 is 0 Å². The summed E-state index contributed by atoms with van der Waals surface area (Å²) in [7, 11) is 0. The molecule has 0 amide bonds. The van der Waals surface area contributed by atoms with E-state index in [9.17, 15) is 9.90 Å². The van der Waals surface area contributed by atoms with Gasteiger partial charge in [0.2, 0.25) is 0 Å². The zero-order chi connectivity index (χ0) is 13.8. The van der Waals surface area contributed by atoms with Gasteiger partial charge in [-0.2, -0.15) is 0 Å². The van der Waals surface area contributed by atoms with Crippen LogP contribution in [0.25, 0.3) is 11.1 Å². The number of carbonyl (C=O) groups is 1. The van der Waals surface area contributed by atoms with Gasteiger partial charge < -0.3 is 10.2 Å². The van der Waals surface area contributed by atoms with E-state index in [0.29, 0.717) is 0 Å². The molecule has 98 valence electrons. The summed E-state index contributed by atoms with van der Waals surface area (Å²) >= 11 is 0. The highest BCUT2D eigenvalue weighted by atomic mass is 16.4. The van der Waals surface area contributed by atoms with Gasteiger partial charge in [0.1, 0.15) is 0 Å². The molecule has 0 atom stereocenters. The molecule has 2 N–H and O–H groups in total. The SMILES string of the molecule is Cc1c(CC(=O)O)cccc1-c1ccccc1CO. The number of rotatable bonds is 4. The molecule has 3 heteroatoms. The third kappa shape index (κ3) is 2.83. The molecule has 2 rings (SSSR count). The summed E-state index contributed by atoms with van der Waals surface area (Å²) in [6.07, 6.45) is 0.0148. The molecule has 19 heavy (non-hydrogen) atoms. The van der Waals surface area contributed by atoms with Crippen molar-refractivity contribution in [2.75, 3.05) is 0 Å². The van der Waals surface area contributed by atoms with Crippen molar-refractivity contribution in [3.8, 4) is 11.1 Å². The first kappa shape index (κ1) is 13.3. The average molecular weight is 256 g/mol. The second-order valence-corrected chi connectivity index (χ2v) is 4.48. The molecule has 0 bridgehead atoms. The Kier molecular flexibility index (Phi) is 3.97. The molecule has 0 fully saturated rings. The van der Waals surface area contributed by atoms with Gasteiger partial charge in [0.15, 0.2) is 0 Å². The largest absolute Gasteiger partial charge is 0.481 e. The first-order valence-corrected chi connectivity index (χ1v) is 6.13. The van der Waals surface area contributed by atoms with E-state index in [1.54, 1.807) is 0 Å². The van der Waals surface area contributed by atoms with Gasteiger partial charge in [-0.1, -0.05) is 42.5 Å². The lowest BCUT2D eigenvalue weighted by Crippen LogP contribution is -2.03. The normalized spacial score (nSPS) is 10.4. The van der Waals surface area contributed by atoms with Gasteiger partial charge in [0.05, 0.1) is 13.0 Å². The highest BCUT2D eigenvalue weighted by Gasteiger charge is 2.11. The molecule has 2 aromatic carbocycles. The number of carboxylic acids is 1. The fourth-order valence-electron chi connectivity index (χ4n) is 2.25. The Hall–Kier alpha value is -2.13. The van der Waals surface area contributed by atoms with Crippen molar-refractivity contribution in [2.45, 2.75) is 20.0 Å². The number of carboxylic acid groups (broad SMARTS) is 1. The first-order valence-electron chi connectivity index (χ1n) is 6.13. The maximum atomic E-state index is 10.9. The van der Waals surface area contributed by atoms with Crippen LogP contribution in [-0.2, 0) is 17.8 Å². The molecule has 0 aromatic heterocycles. The minimum atomic E-state index is -0.837. The van der Waals surface area contributed by atoms with Crippen molar-refractivity contribution in [3.05, 3.63) is 59.2 Å². The number of aliphatic hydroxyl groups is 1. The maximum Gasteiger partial charge on any atom is 0.307 e. The van der Waals surface area contributed by atoms with Crippen molar-refractivity contribution in [1.82, 2.24) is 0 Å². The highest BCUT2D eigenvalue weighted by Crippen LogP contribution is 2.29. The van der Waals surface area contributed by atoms with Gasteiger partial charge in [0, 0.05) is 0 Å². The molecule has 3 nitrogen and oxygen atoms in total. The number of hydrogen-bond donors (Lipinski definition) is 2. The third-order valence-electron chi connectivity index (χ3n) is 3.27. The van der Waals surface area contributed by atoms with Crippen LogP contribution in [-0.4, -0.2) is 16.2 Å². The lowest BCUT2D eigenvalue weighted by molar-refractivity contribution is -0.136. The van der Waals surface area contributed by atoms with Gasteiger partial charge in [0.25, 0.3) is 0 Å². The van der Waals surface area contributed by atoms with Crippen molar-refractivity contribution < 1.29 is 15.0 Å². The number of aliphatic carboxylic acids is 1.